The number of nitrogens with one attached hydrogen (secondary N) is 1. The summed E-state index contributed by atoms with van der Waals surface area (Å²) in [5, 5.41) is -0.0531. The number of halogens is 2. The summed E-state index contributed by atoms with van der Waals surface area (Å²) < 4.78 is 45.3. The summed E-state index contributed by atoms with van der Waals surface area (Å²) >= 11 is 6.34. The second kappa shape index (κ2) is 8.06. The highest BCUT2D eigenvalue weighted by atomic mass is 35.5. The van der Waals surface area contributed by atoms with E-state index in [1.165, 1.54) is 28.6 Å². The molecule has 2 atom stereocenters. The van der Waals surface area contributed by atoms with Crippen molar-refractivity contribution in [2.45, 2.75) is 24.4 Å². The number of aromatic nitrogens is 3. The molecule has 1 aliphatic heterocycles. The number of carbonyl (C=O) groups is 1. The van der Waals surface area contributed by atoms with Gasteiger partial charge in [0.1, 0.15) is 11.5 Å². The lowest BCUT2D eigenvalue weighted by molar-refractivity contribution is 0.0968. The number of imidazole rings is 1. The van der Waals surface area contributed by atoms with Gasteiger partial charge >= 0.3 is 0 Å². The van der Waals surface area contributed by atoms with Crippen LogP contribution in [-0.2, 0) is 10.0 Å². The molecule has 0 bridgehead atoms. The zero-order valence-corrected chi connectivity index (χ0v) is 18.0. The van der Waals surface area contributed by atoms with E-state index in [0.29, 0.717) is 23.6 Å². The topological polar surface area (TPSA) is 135 Å². The van der Waals surface area contributed by atoms with Crippen LogP contribution in [0.1, 0.15) is 35.5 Å². The van der Waals surface area contributed by atoms with Crippen molar-refractivity contribution in [3.05, 3.63) is 52.9 Å². The van der Waals surface area contributed by atoms with E-state index in [9.17, 15) is 17.6 Å². The van der Waals surface area contributed by atoms with E-state index in [1.54, 1.807) is 0 Å². The standard InChI is InChI=1S/C19H19ClFN5O4S/c1-10-9-26(31(28,29)15-5-4-14(30-15)18(22)27)7-6-12(10)16-17(20)25-19(24-16)13-3-2-11(21)8-23-13/h2-5,8,10,12H,6-7,9H2,1H3,(H2,22,27)(H,24,25)/t10-,12+/m0/s1. The number of aromatic amines is 1. The van der Waals surface area contributed by atoms with Gasteiger partial charge in [0.25, 0.3) is 15.9 Å². The van der Waals surface area contributed by atoms with Gasteiger partial charge in [-0.1, -0.05) is 18.5 Å². The van der Waals surface area contributed by atoms with Crippen LogP contribution in [0.25, 0.3) is 11.5 Å². The highest BCUT2D eigenvalue weighted by Gasteiger charge is 2.37. The van der Waals surface area contributed by atoms with Gasteiger partial charge < -0.3 is 15.1 Å². The molecular formula is C19H19ClFN5O4S. The number of furan rings is 1. The lowest BCUT2D eigenvalue weighted by Gasteiger charge is -2.35. The zero-order chi connectivity index (χ0) is 22.3. The summed E-state index contributed by atoms with van der Waals surface area (Å²) in [6.45, 7) is 2.36. The number of carbonyl (C=O) groups excluding carboxylic acids is 1. The van der Waals surface area contributed by atoms with Crippen LogP contribution in [-0.4, -0.2) is 46.7 Å². The van der Waals surface area contributed by atoms with E-state index in [-0.39, 0.29) is 40.9 Å². The van der Waals surface area contributed by atoms with Crippen LogP contribution in [0.5, 0.6) is 0 Å². The monoisotopic (exact) mass is 467 g/mol. The van der Waals surface area contributed by atoms with Gasteiger partial charge in [0.15, 0.2) is 16.7 Å². The molecule has 0 aliphatic carbocycles. The van der Waals surface area contributed by atoms with E-state index >= 15 is 0 Å². The first-order chi connectivity index (χ1) is 14.7. The molecule has 0 aromatic carbocycles. The Kier molecular flexibility index (Phi) is 5.58. The maximum absolute atomic E-state index is 13.1. The molecule has 1 amide bonds. The van der Waals surface area contributed by atoms with Crippen molar-refractivity contribution < 1.29 is 22.0 Å². The number of sulfonamides is 1. The maximum atomic E-state index is 13.1. The Morgan fingerprint density at radius 3 is 2.74 bits per heavy atom. The van der Waals surface area contributed by atoms with Crippen molar-refractivity contribution in [3.63, 3.8) is 0 Å². The van der Waals surface area contributed by atoms with Crippen LogP contribution in [0.4, 0.5) is 4.39 Å². The fourth-order valence-corrected chi connectivity index (χ4v) is 5.46. The van der Waals surface area contributed by atoms with Crippen molar-refractivity contribution in [1.29, 1.82) is 0 Å². The SMILES string of the molecule is C[C@H]1CN(S(=O)(=O)c2ccc(C(N)=O)o2)CC[C@H]1c1[nH]c(-c2ccc(F)cn2)nc1Cl. The number of piperidine rings is 1. The summed E-state index contributed by atoms with van der Waals surface area (Å²) in [5.74, 6) is -1.26. The van der Waals surface area contributed by atoms with Gasteiger partial charge in [0.2, 0.25) is 5.09 Å². The number of rotatable bonds is 5. The Morgan fingerprint density at radius 2 is 2.13 bits per heavy atom. The Labute approximate surface area is 182 Å². The second-order valence-electron chi connectivity index (χ2n) is 7.37. The molecule has 3 aromatic rings. The van der Waals surface area contributed by atoms with Crippen LogP contribution >= 0.6 is 11.6 Å². The third-order valence-electron chi connectivity index (χ3n) is 5.31. The lowest BCUT2D eigenvalue weighted by atomic mass is 9.86. The fraction of sp³-hybridized carbons (Fsp3) is 0.316. The van der Waals surface area contributed by atoms with E-state index in [1.807, 2.05) is 6.92 Å². The van der Waals surface area contributed by atoms with Crippen LogP contribution < -0.4 is 5.73 Å². The van der Waals surface area contributed by atoms with Crippen LogP contribution in [0.2, 0.25) is 5.15 Å². The normalized spacial score (nSPS) is 20.1. The number of pyridine rings is 1. The number of nitrogens with two attached hydrogens (primary N) is 1. The molecule has 0 unspecified atom stereocenters. The van der Waals surface area contributed by atoms with E-state index in [4.69, 9.17) is 21.8 Å². The van der Waals surface area contributed by atoms with Gasteiger partial charge in [-0.15, -0.1) is 0 Å². The molecule has 164 valence electrons. The average molecular weight is 468 g/mol. The number of primary amides is 1. The molecule has 3 aromatic heterocycles. The van der Waals surface area contributed by atoms with Gasteiger partial charge in [0, 0.05) is 19.0 Å². The molecule has 1 saturated heterocycles. The quantitative estimate of drug-likeness (QED) is 0.592. The van der Waals surface area contributed by atoms with Gasteiger partial charge in [-0.2, -0.15) is 4.31 Å². The first kappa shape index (κ1) is 21.5. The Morgan fingerprint density at radius 1 is 1.35 bits per heavy atom. The molecule has 0 radical (unpaired) electrons. The van der Waals surface area contributed by atoms with Gasteiger partial charge in [0.05, 0.1) is 11.9 Å². The van der Waals surface area contributed by atoms with Crippen LogP contribution in [0.3, 0.4) is 0 Å². The molecule has 0 spiro atoms. The van der Waals surface area contributed by atoms with Crippen molar-refractivity contribution >= 4 is 27.5 Å². The summed E-state index contributed by atoms with van der Waals surface area (Å²) in [4.78, 5) is 22.6. The molecule has 3 N–H and O–H groups in total. The highest BCUT2D eigenvalue weighted by molar-refractivity contribution is 7.89. The predicted octanol–water partition coefficient (Wildman–Crippen LogP) is 2.77. The molecular weight excluding hydrogens is 449 g/mol. The van der Waals surface area contributed by atoms with Gasteiger partial charge in [-0.3, -0.25) is 4.79 Å². The second-order valence-corrected chi connectivity index (χ2v) is 9.60. The minimum absolute atomic E-state index is 0.0709. The molecule has 0 saturated carbocycles. The number of hydrogen-bond donors (Lipinski definition) is 2. The minimum atomic E-state index is -3.91. The minimum Gasteiger partial charge on any atom is -0.438 e. The Bertz CT molecular complexity index is 1220. The summed E-state index contributed by atoms with van der Waals surface area (Å²) in [5.41, 5.74) is 6.26. The number of nitrogens with zero attached hydrogens (tertiary/aromatic N) is 3. The van der Waals surface area contributed by atoms with E-state index < -0.39 is 21.7 Å². The summed E-state index contributed by atoms with van der Waals surface area (Å²) in [6, 6.07) is 5.24. The maximum Gasteiger partial charge on any atom is 0.284 e. The Hall–Kier alpha value is -2.76. The largest absolute Gasteiger partial charge is 0.438 e. The van der Waals surface area contributed by atoms with E-state index in [2.05, 4.69) is 15.0 Å². The summed E-state index contributed by atoms with van der Waals surface area (Å²) in [6.07, 6.45) is 1.58. The fourth-order valence-electron chi connectivity index (χ4n) is 3.72. The molecule has 4 rings (SSSR count). The third kappa shape index (κ3) is 4.08. The molecule has 12 heteroatoms. The van der Waals surface area contributed by atoms with Crippen molar-refractivity contribution in [2.24, 2.45) is 11.7 Å². The molecule has 1 fully saturated rings. The molecule has 4 heterocycles. The van der Waals surface area contributed by atoms with Crippen molar-refractivity contribution in [3.8, 4) is 11.5 Å². The molecule has 31 heavy (non-hydrogen) atoms. The number of amides is 1. The van der Waals surface area contributed by atoms with Gasteiger partial charge in [-0.05, 0) is 36.6 Å². The summed E-state index contributed by atoms with van der Waals surface area (Å²) in [7, 11) is -3.91. The number of H-pyrrole nitrogens is 1. The first-order valence-electron chi connectivity index (χ1n) is 9.44. The zero-order valence-electron chi connectivity index (χ0n) is 16.4. The predicted molar refractivity (Wildman–Crippen MR) is 109 cm³/mol. The average Bonchev–Trinajstić information content (AvgIpc) is 3.36. The van der Waals surface area contributed by atoms with Crippen molar-refractivity contribution in [2.75, 3.05) is 13.1 Å². The van der Waals surface area contributed by atoms with Crippen LogP contribution in [0.15, 0.2) is 40.0 Å². The lowest BCUT2D eigenvalue weighted by Crippen LogP contribution is -2.42. The third-order valence-corrected chi connectivity index (χ3v) is 7.34. The Balaban J connectivity index is 1.53. The van der Waals surface area contributed by atoms with Crippen molar-refractivity contribution in [1.82, 2.24) is 19.3 Å². The molecule has 1 aliphatic rings. The number of hydrogen-bond acceptors (Lipinski definition) is 6. The smallest absolute Gasteiger partial charge is 0.284 e. The van der Waals surface area contributed by atoms with Gasteiger partial charge in [-0.25, -0.2) is 22.8 Å². The highest BCUT2D eigenvalue weighted by Crippen LogP contribution is 2.38. The van der Waals surface area contributed by atoms with E-state index in [0.717, 1.165) is 6.20 Å². The first-order valence-corrected chi connectivity index (χ1v) is 11.3. The molecule has 9 nitrogen and oxygen atoms in total. The van der Waals surface area contributed by atoms with Crippen LogP contribution in [0, 0.1) is 11.7 Å².